The number of hydrogen-bond donors (Lipinski definition) is 0. The van der Waals surface area contributed by atoms with E-state index in [1.807, 2.05) is 19.9 Å². The van der Waals surface area contributed by atoms with Gasteiger partial charge in [0.1, 0.15) is 6.54 Å². The number of rotatable bonds is 4. The van der Waals surface area contributed by atoms with Crippen LogP contribution in [0.2, 0.25) is 0 Å². The molecule has 8 heteroatoms. The van der Waals surface area contributed by atoms with Crippen molar-refractivity contribution < 1.29 is 14.1 Å². The van der Waals surface area contributed by atoms with Crippen LogP contribution in [0.1, 0.15) is 49.1 Å². The van der Waals surface area contributed by atoms with Crippen LogP contribution < -0.4 is 5.56 Å². The Bertz CT molecular complexity index is 870. The third-order valence-electron chi connectivity index (χ3n) is 4.75. The summed E-state index contributed by atoms with van der Waals surface area (Å²) >= 11 is 0. The third-order valence-corrected chi connectivity index (χ3v) is 4.75. The maximum Gasteiger partial charge on any atom is 0.257 e. The number of carbonyl (C=O) groups excluding carboxylic acids is 1. The Hall–Kier alpha value is -2.48. The van der Waals surface area contributed by atoms with Gasteiger partial charge in [0.2, 0.25) is 5.91 Å². The number of hydrogen-bond acceptors (Lipinski definition) is 6. The SMILES string of the molecule is Cc1ccn(CC(=O)N2C[C@@H](C)O[C@@H](c3nc(C4CC4)no3)C2)c(=O)c1. The van der Waals surface area contributed by atoms with Crippen LogP contribution in [0.15, 0.2) is 27.6 Å². The van der Waals surface area contributed by atoms with Crippen molar-refractivity contribution in [3.8, 4) is 0 Å². The van der Waals surface area contributed by atoms with Crippen LogP contribution in [-0.4, -0.2) is 44.7 Å². The van der Waals surface area contributed by atoms with E-state index in [1.54, 1.807) is 11.1 Å². The molecule has 0 aromatic carbocycles. The summed E-state index contributed by atoms with van der Waals surface area (Å²) in [6.45, 7) is 4.58. The van der Waals surface area contributed by atoms with Gasteiger partial charge in [0.15, 0.2) is 11.9 Å². The second-order valence-corrected chi connectivity index (χ2v) is 7.17. The molecule has 2 atom stereocenters. The maximum atomic E-state index is 12.7. The van der Waals surface area contributed by atoms with Gasteiger partial charge in [-0.05, 0) is 38.3 Å². The molecule has 2 fully saturated rings. The molecule has 1 saturated heterocycles. The van der Waals surface area contributed by atoms with Crippen LogP contribution in [0.5, 0.6) is 0 Å². The molecule has 0 spiro atoms. The highest BCUT2D eigenvalue weighted by Crippen LogP contribution is 2.38. The van der Waals surface area contributed by atoms with Gasteiger partial charge in [-0.1, -0.05) is 5.16 Å². The molecule has 26 heavy (non-hydrogen) atoms. The number of pyridine rings is 1. The minimum Gasteiger partial charge on any atom is -0.362 e. The van der Waals surface area contributed by atoms with Crippen molar-refractivity contribution in [1.82, 2.24) is 19.6 Å². The number of carbonyl (C=O) groups is 1. The number of nitrogens with zero attached hydrogens (tertiary/aromatic N) is 4. The summed E-state index contributed by atoms with van der Waals surface area (Å²) in [7, 11) is 0. The van der Waals surface area contributed by atoms with E-state index in [9.17, 15) is 9.59 Å². The van der Waals surface area contributed by atoms with E-state index in [0.717, 1.165) is 24.2 Å². The van der Waals surface area contributed by atoms with Gasteiger partial charge >= 0.3 is 0 Å². The number of ether oxygens (including phenoxy) is 1. The molecular weight excluding hydrogens is 336 g/mol. The zero-order valence-corrected chi connectivity index (χ0v) is 14.9. The zero-order chi connectivity index (χ0) is 18.3. The Balaban J connectivity index is 1.46. The van der Waals surface area contributed by atoms with Gasteiger partial charge < -0.3 is 18.7 Å². The Kier molecular flexibility index (Phi) is 4.36. The van der Waals surface area contributed by atoms with Gasteiger partial charge in [0.05, 0.1) is 12.6 Å². The van der Waals surface area contributed by atoms with E-state index < -0.39 is 6.10 Å². The molecule has 0 bridgehead atoms. The number of aryl methyl sites for hydroxylation is 1. The Morgan fingerprint density at radius 3 is 2.88 bits per heavy atom. The second-order valence-electron chi connectivity index (χ2n) is 7.17. The molecule has 3 heterocycles. The topological polar surface area (TPSA) is 90.5 Å². The van der Waals surface area contributed by atoms with Crippen molar-refractivity contribution in [2.75, 3.05) is 13.1 Å². The lowest BCUT2D eigenvalue weighted by molar-refractivity contribution is -0.147. The summed E-state index contributed by atoms with van der Waals surface area (Å²) in [5.74, 6) is 1.42. The lowest BCUT2D eigenvalue weighted by atomic mass is 10.2. The Morgan fingerprint density at radius 2 is 2.15 bits per heavy atom. The first-order valence-corrected chi connectivity index (χ1v) is 8.93. The molecule has 4 rings (SSSR count). The van der Waals surface area contributed by atoms with Gasteiger partial charge in [-0.2, -0.15) is 4.98 Å². The van der Waals surface area contributed by atoms with Crippen molar-refractivity contribution in [2.24, 2.45) is 0 Å². The minimum absolute atomic E-state index is 0.00963. The molecule has 2 aromatic rings. The smallest absolute Gasteiger partial charge is 0.257 e. The van der Waals surface area contributed by atoms with Crippen molar-refractivity contribution in [3.05, 3.63) is 46.0 Å². The molecule has 0 radical (unpaired) electrons. The minimum atomic E-state index is -0.433. The Morgan fingerprint density at radius 1 is 1.35 bits per heavy atom. The van der Waals surface area contributed by atoms with Gasteiger partial charge in [-0.3, -0.25) is 9.59 Å². The summed E-state index contributed by atoms with van der Waals surface area (Å²) in [6, 6.07) is 3.34. The summed E-state index contributed by atoms with van der Waals surface area (Å²) in [6.07, 6.45) is 3.26. The van der Waals surface area contributed by atoms with E-state index in [2.05, 4.69) is 10.1 Å². The molecule has 1 aliphatic carbocycles. The van der Waals surface area contributed by atoms with Crippen LogP contribution in [0.4, 0.5) is 0 Å². The van der Waals surface area contributed by atoms with E-state index in [1.165, 1.54) is 10.6 Å². The van der Waals surface area contributed by atoms with Crippen LogP contribution in [0.3, 0.4) is 0 Å². The molecule has 2 aromatic heterocycles. The monoisotopic (exact) mass is 358 g/mol. The lowest BCUT2D eigenvalue weighted by Crippen LogP contribution is -2.47. The van der Waals surface area contributed by atoms with Crippen LogP contribution >= 0.6 is 0 Å². The van der Waals surface area contributed by atoms with Crippen molar-refractivity contribution in [2.45, 2.75) is 51.4 Å². The largest absolute Gasteiger partial charge is 0.362 e. The molecule has 1 aliphatic heterocycles. The fourth-order valence-electron chi connectivity index (χ4n) is 3.16. The van der Waals surface area contributed by atoms with Gasteiger partial charge in [-0.15, -0.1) is 0 Å². The second kappa shape index (κ2) is 6.68. The summed E-state index contributed by atoms with van der Waals surface area (Å²) in [5, 5.41) is 4.02. The van der Waals surface area contributed by atoms with Crippen LogP contribution in [0.25, 0.3) is 0 Å². The van der Waals surface area contributed by atoms with Gasteiger partial charge in [0, 0.05) is 24.7 Å². The molecule has 2 aliphatic rings. The molecular formula is C18H22N4O4. The van der Waals surface area contributed by atoms with Gasteiger partial charge in [-0.25, -0.2) is 0 Å². The number of amides is 1. The van der Waals surface area contributed by atoms with E-state index in [-0.39, 0.29) is 24.1 Å². The summed E-state index contributed by atoms with van der Waals surface area (Å²) < 4.78 is 12.7. The first-order chi connectivity index (χ1) is 12.5. The Labute approximate surface area is 150 Å². The zero-order valence-electron chi connectivity index (χ0n) is 14.9. The predicted octanol–water partition coefficient (Wildman–Crippen LogP) is 1.41. The quantitative estimate of drug-likeness (QED) is 0.821. The highest BCUT2D eigenvalue weighted by Gasteiger charge is 2.35. The fourth-order valence-corrected chi connectivity index (χ4v) is 3.16. The third kappa shape index (κ3) is 3.55. The highest BCUT2D eigenvalue weighted by atomic mass is 16.5. The molecule has 0 unspecified atom stereocenters. The van der Waals surface area contributed by atoms with Crippen molar-refractivity contribution in [1.29, 1.82) is 0 Å². The first-order valence-electron chi connectivity index (χ1n) is 8.93. The highest BCUT2D eigenvalue weighted by molar-refractivity contribution is 5.76. The van der Waals surface area contributed by atoms with E-state index in [0.29, 0.717) is 24.9 Å². The van der Waals surface area contributed by atoms with Crippen molar-refractivity contribution >= 4 is 5.91 Å². The molecule has 138 valence electrons. The fraction of sp³-hybridized carbons (Fsp3) is 0.556. The van der Waals surface area contributed by atoms with Crippen LogP contribution in [0, 0.1) is 6.92 Å². The molecule has 1 amide bonds. The summed E-state index contributed by atoms with van der Waals surface area (Å²) in [5.41, 5.74) is 0.698. The van der Waals surface area contributed by atoms with E-state index in [4.69, 9.17) is 9.26 Å². The summed E-state index contributed by atoms with van der Waals surface area (Å²) in [4.78, 5) is 30.8. The molecule has 8 nitrogen and oxygen atoms in total. The number of aromatic nitrogens is 3. The number of morpholine rings is 1. The average Bonchev–Trinajstić information content (AvgIpc) is 3.33. The van der Waals surface area contributed by atoms with Crippen molar-refractivity contribution in [3.63, 3.8) is 0 Å². The van der Waals surface area contributed by atoms with Crippen LogP contribution in [-0.2, 0) is 16.1 Å². The normalized spacial score (nSPS) is 23.2. The predicted molar refractivity (Wildman–Crippen MR) is 91.6 cm³/mol. The lowest BCUT2D eigenvalue weighted by Gasteiger charge is -2.35. The standard InChI is InChI=1S/C18H22N4O4/c1-11-5-6-21(15(23)7-11)10-16(24)22-8-12(2)25-14(9-22)18-19-17(20-26-18)13-3-4-13/h5-7,12-14H,3-4,8-10H2,1-2H3/t12-,14-/m1/s1. The average molecular weight is 358 g/mol. The van der Waals surface area contributed by atoms with E-state index >= 15 is 0 Å². The first kappa shape index (κ1) is 17.0. The van der Waals surface area contributed by atoms with Gasteiger partial charge in [0.25, 0.3) is 11.4 Å². The maximum absolute atomic E-state index is 12.7. The molecule has 0 N–H and O–H groups in total. The molecule has 1 saturated carbocycles.